The summed E-state index contributed by atoms with van der Waals surface area (Å²) in [6.07, 6.45) is 3.86. The van der Waals surface area contributed by atoms with E-state index in [1.165, 1.54) is 23.3 Å². The van der Waals surface area contributed by atoms with Gasteiger partial charge in [0.2, 0.25) is 11.8 Å². The number of ether oxygens (including phenoxy) is 1. The number of likely N-dealkylation sites (tertiary alicyclic amines) is 2. The number of aromatic nitrogens is 1. The van der Waals surface area contributed by atoms with Crippen molar-refractivity contribution in [2.45, 2.75) is 109 Å². The number of methoxy groups -OCH3 is 1. The topological polar surface area (TPSA) is 170 Å². The van der Waals surface area contributed by atoms with E-state index < -0.39 is 54.1 Å². The molecule has 50 heavy (non-hydrogen) atoms. The maximum absolute atomic E-state index is 13.8. The Morgan fingerprint density at radius 1 is 1.10 bits per heavy atom. The summed E-state index contributed by atoms with van der Waals surface area (Å²) in [5.74, 6) is -2.64. The predicted molar refractivity (Wildman–Crippen MR) is 190 cm³/mol. The summed E-state index contributed by atoms with van der Waals surface area (Å²) in [5, 5.41) is 20.8. The number of carboxylic acids is 1. The summed E-state index contributed by atoms with van der Waals surface area (Å²) < 4.78 is 5.12. The molecule has 0 saturated carbocycles. The highest BCUT2D eigenvalue weighted by Crippen LogP contribution is 2.38. The molecule has 0 radical (unpaired) electrons. The van der Waals surface area contributed by atoms with Gasteiger partial charge in [-0.3, -0.25) is 29.0 Å². The molecule has 2 aromatic rings. The van der Waals surface area contributed by atoms with E-state index in [-0.39, 0.29) is 35.9 Å². The molecule has 2 fully saturated rings. The normalized spacial score (nSPS) is 23.3. The molecular weight excluding hydrogens is 660 g/mol. The number of aliphatic carboxylic acids is 1. The third-order valence-corrected chi connectivity index (χ3v) is 11.1. The number of rotatable bonds is 14. The third-order valence-electron chi connectivity index (χ3n) is 10.2. The van der Waals surface area contributed by atoms with Gasteiger partial charge in [-0.05, 0) is 64.1 Å². The van der Waals surface area contributed by atoms with Gasteiger partial charge in [0.05, 0.1) is 37.2 Å². The summed E-state index contributed by atoms with van der Waals surface area (Å²) in [6, 6.07) is 6.55. The number of benzene rings is 1. The molecule has 1 aromatic heterocycles. The lowest BCUT2D eigenvalue weighted by Gasteiger charge is -2.34. The minimum Gasteiger partial charge on any atom is -0.481 e. The Balaban J connectivity index is 1.49. The Hall–Kier alpha value is -4.04. The molecule has 13 nitrogen and oxygen atoms in total. The fraction of sp³-hybridized carbons (Fsp3) is 0.611. The number of nitrogens with zero attached hydrogens (tertiary/aromatic N) is 3. The average Bonchev–Trinajstić information content (AvgIpc) is 3.72. The molecule has 8 atom stereocenters. The number of hydrogen-bond donors (Lipinski definition) is 4. The number of hydrogen-bond acceptors (Lipinski definition) is 9. The standard InChI is InChI=1S/C36H52N6O7S/c1-7-21(2)30(40-32(44)28-15-11-12-16-41(28)5)33(45)38-26-19-29(42(23(26)4)36(48)49-6)34-39-27(20-50-34)31(43)37-25(17-22(3)35(46)47)18-24-13-9-8-10-14-24/h8-10,13-14,20-23,25-26,28-30H,7,11-12,15-19H2,1-6H3,(H,37,43)(H,38,45)(H,40,44)(H,46,47)/t21-,22-,23?,25+,26+,28+,29+,30-/m0/s1. The molecule has 3 heterocycles. The van der Waals surface area contributed by atoms with Gasteiger partial charge in [0.15, 0.2) is 0 Å². The van der Waals surface area contributed by atoms with Gasteiger partial charge in [-0.15, -0.1) is 11.3 Å². The Labute approximate surface area is 298 Å². The smallest absolute Gasteiger partial charge is 0.410 e. The number of thiazole rings is 1. The molecule has 14 heteroatoms. The number of carboxylic acid groups (broad SMARTS) is 1. The maximum atomic E-state index is 13.8. The van der Waals surface area contributed by atoms with E-state index in [9.17, 15) is 29.1 Å². The lowest BCUT2D eigenvalue weighted by atomic mass is 9.95. The van der Waals surface area contributed by atoms with Crippen molar-refractivity contribution in [3.63, 3.8) is 0 Å². The molecule has 2 saturated heterocycles. The van der Waals surface area contributed by atoms with E-state index in [0.29, 0.717) is 24.3 Å². The second kappa shape index (κ2) is 17.8. The van der Waals surface area contributed by atoms with Crippen LogP contribution in [0.4, 0.5) is 4.79 Å². The number of carbonyl (C=O) groups excluding carboxylic acids is 4. The van der Waals surface area contributed by atoms with Gasteiger partial charge in [0.1, 0.15) is 16.7 Å². The van der Waals surface area contributed by atoms with Gasteiger partial charge >= 0.3 is 12.1 Å². The van der Waals surface area contributed by atoms with Crippen LogP contribution in [-0.4, -0.2) is 101 Å². The summed E-state index contributed by atoms with van der Waals surface area (Å²) in [4.78, 5) is 73.4. The summed E-state index contributed by atoms with van der Waals surface area (Å²) in [7, 11) is 3.22. The fourth-order valence-electron chi connectivity index (χ4n) is 6.88. The van der Waals surface area contributed by atoms with Crippen LogP contribution in [0, 0.1) is 11.8 Å². The predicted octanol–water partition coefficient (Wildman–Crippen LogP) is 4.00. The second-order valence-electron chi connectivity index (χ2n) is 13.8. The highest BCUT2D eigenvalue weighted by molar-refractivity contribution is 7.09. The third kappa shape index (κ3) is 9.59. The molecular formula is C36H52N6O7S. The Morgan fingerprint density at radius 3 is 2.46 bits per heavy atom. The molecule has 0 aliphatic carbocycles. The molecule has 4 N–H and O–H groups in total. The van der Waals surface area contributed by atoms with E-state index in [1.807, 2.05) is 63.1 Å². The van der Waals surface area contributed by atoms with Crippen molar-refractivity contribution in [3.05, 3.63) is 52.0 Å². The van der Waals surface area contributed by atoms with Crippen molar-refractivity contribution in [2.24, 2.45) is 11.8 Å². The van der Waals surface area contributed by atoms with E-state index in [0.717, 1.165) is 31.4 Å². The lowest BCUT2D eigenvalue weighted by molar-refractivity contribution is -0.141. The van der Waals surface area contributed by atoms with Crippen LogP contribution in [0.3, 0.4) is 0 Å². The van der Waals surface area contributed by atoms with Crippen LogP contribution in [0.2, 0.25) is 0 Å². The lowest BCUT2D eigenvalue weighted by Crippen LogP contribution is -2.58. The fourth-order valence-corrected chi connectivity index (χ4v) is 7.79. The van der Waals surface area contributed by atoms with Crippen molar-refractivity contribution in [1.29, 1.82) is 0 Å². The number of carbonyl (C=O) groups is 5. The molecule has 0 bridgehead atoms. The monoisotopic (exact) mass is 712 g/mol. The highest BCUT2D eigenvalue weighted by atomic mass is 32.1. The first kappa shape index (κ1) is 38.8. The van der Waals surface area contributed by atoms with Crippen molar-refractivity contribution in [1.82, 2.24) is 30.7 Å². The van der Waals surface area contributed by atoms with Crippen LogP contribution in [-0.2, 0) is 25.5 Å². The molecule has 1 aromatic carbocycles. The molecule has 274 valence electrons. The average molecular weight is 713 g/mol. The van der Waals surface area contributed by atoms with Crippen molar-refractivity contribution in [2.75, 3.05) is 20.7 Å². The van der Waals surface area contributed by atoms with E-state index in [4.69, 9.17) is 4.74 Å². The summed E-state index contributed by atoms with van der Waals surface area (Å²) in [5.41, 5.74) is 1.12. The van der Waals surface area contributed by atoms with Crippen LogP contribution in [0.5, 0.6) is 0 Å². The van der Waals surface area contributed by atoms with Gasteiger partial charge in [0.25, 0.3) is 5.91 Å². The van der Waals surface area contributed by atoms with Gasteiger partial charge in [-0.25, -0.2) is 9.78 Å². The van der Waals surface area contributed by atoms with Crippen molar-refractivity contribution in [3.8, 4) is 0 Å². The van der Waals surface area contributed by atoms with E-state index >= 15 is 0 Å². The molecule has 0 spiro atoms. The van der Waals surface area contributed by atoms with Crippen molar-refractivity contribution < 1.29 is 33.8 Å². The molecule has 2 aliphatic heterocycles. The van der Waals surface area contributed by atoms with Gasteiger partial charge in [0, 0.05) is 11.4 Å². The first-order valence-electron chi connectivity index (χ1n) is 17.5. The largest absolute Gasteiger partial charge is 0.481 e. The van der Waals surface area contributed by atoms with Crippen LogP contribution in [0.15, 0.2) is 35.7 Å². The number of piperidine rings is 1. The maximum Gasteiger partial charge on any atom is 0.410 e. The zero-order valence-corrected chi connectivity index (χ0v) is 30.7. The Morgan fingerprint density at radius 2 is 1.82 bits per heavy atom. The number of amides is 4. The molecule has 4 rings (SSSR count). The Bertz CT molecular complexity index is 1490. The Kier molecular flexibility index (Phi) is 13.8. The summed E-state index contributed by atoms with van der Waals surface area (Å²) in [6.45, 7) is 8.19. The number of nitrogens with one attached hydrogen (secondary N) is 3. The van der Waals surface area contributed by atoms with Crippen LogP contribution < -0.4 is 16.0 Å². The minimum absolute atomic E-state index is 0.124. The van der Waals surface area contributed by atoms with Gasteiger partial charge in [-0.1, -0.05) is 63.9 Å². The minimum atomic E-state index is -0.942. The van der Waals surface area contributed by atoms with Crippen LogP contribution in [0.25, 0.3) is 0 Å². The zero-order chi connectivity index (χ0) is 36.5. The highest BCUT2D eigenvalue weighted by Gasteiger charge is 2.46. The van der Waals surface area contributed by atoms with Gasteiger partial charge < -0.3 is 25.8 Å². The summed E-state index contributed by atoms with van der Waals surface area (Å²) >= 11 is 1.23. The van der Waals surface area contributed by atoms with Crippen LogP contribution in [0.1, 0.15) is 93.3 Å². The first-order valence-corrected chi connectivity index (χ1v) is 18.4. The van der Waals surface area contributed by atoms with E-state index in [2.05, 4.69) is 20.9 Å². The zero-order valence-electron chi connectivity index (χ0n) is 29.9. The number of likely N-dealkylation sites (N-methyl/N-ethyl adjacent to an activating group) is 1. The van der Waals surface area contributed by atoms with Crippen molar-refractivity contribution >= 4 is 41.1 Å². The quantitative estimate of drug-likeness (QED) is 0.226. The van der Waals surface area contributed by atoms with Gasteiger partial charge in [-0.2, -0.15) is 0 Å². The molecule has 1 unspecified atom stereocenters. The van der Waals surface area contributed by atoms with Crippen LogP contribution >= 0.6 is 11.3 Å². The SMILES string of the molecule is CC[C@H](C)[C@H](NC(=O)[C@H]1CCCCN1C)C(=O)N[C@@H]1C[C@H](c2nc(C(=O)N[C@@H](Cc3ccccc3)C[C@H](C)C(=O)O)cs2)N(C(=O)OC)C1C. The second-order valence-corrected chi connectivity index (χ2v) is 14.6. The van der Waals surface area contributed by atoms with E-state index in [1.54, 1.807) is 12.3 Å². The molecule has 4 amide bonds. The first-order chi connectivity index (χ1) is 23.8. The molecule has 2 aliphatic rings.